The summed E-state index contributed by atoms with van der Waals surface area (Å²) in [4.78, 5) is 14.2. The fraction of sp³-hybridized carbons (Fsp3) is 0.353. The monoisotopic (exact) mass is 270 g/mol. The minimum atomic E-state index is 0.312. The van der Waals surface area contributed by atoms with Crippen molar-refractivity contribution >= 4 is 17.1 Å². The lowest BCUT2D eigenvalue weighted by molar-refractivity contribution is 0.0971. The van der Waals surface area contributed by atoms with Crippen LogP contribution in [0.5, 0.6) is 0 Å². The highest BCUT2D eigenvalue weighted by atomic mass is 32.1. The smallest absolute Gasteiger partial charge is 0.175 e. The van der Waals surface area contributed by atoms with Crippen LogP contribution in [0.1, 0.15) is 47.8 Å². The zero-order valence-electron chi connectivity index (χ0n) is 11.3. The number of hydrogen-bond donors (Lipinski definition) is 0. The zero-order chi connectivity index (χ0) is 13.4. The number of hydrogen-bond acceptors (Lipinski definition) is 2. The van der Waals surface area contributed by atoms with Gasteiger partial charge in [-0.1, -0.05) is 38.1 Å². The van der Waals surface area contributed by atoms with Crippen LogP contribution in [0.2, 0.25) is 0 Å². The summed E-state index contributed by atoms with van der Waals surface area (Å²) >= 11 is 1.64. The number of carbonyl (C=O) groups excluding carboxylic acids is 1. The molecular formula is C17H18OS. The standard InChI is InChI=1S/C17H18OS/c1-11(2)13-5-3-4-6-14(13)15-9-10-16(19-15)17(18)12-7-8-12/h3-6,9-12H,7-8H2,1-2H3. The maximum Gasteiger partial charge on any atom is 0.175 e. The Morgan fingerprint density at radius 3 is 2.58 bits per heavy atom. The Morgan fingerprint density at radius 1 is 1.16 bits per heavy atom. The molecule has 0 atom stereocenters. The summed E-state index contributed by atoms with van der Waals surface area (Å²) in [5.74, 6) is 1.16. The van der Waals surface area contributed by atoms with Crippen LogP contribution in [0.15, 0.2) is 36.4 Å². The number of ketones is 1. The Kier molecular flexibility index (Phi) is 3.28. The first-order valence-electron chi connectivity index (χ1n) is 6.90. The van der Waals surface area contributed by atoms with Crippen LogP contribution in [0.3, 0.4) is 0 Å². The minimum absolute atomic E-state index is 0.312. The SMILES string of the molecule is CC(C)c1ccccc1-c1ccc(C(=O)C2CC2)s1. The third kappa shape index (κ3) is 2.50. The van der Waals surface area contributed by atoms with Crippen LogP contribution < -0.4 is 0 Å². The number of carbonyl (C=O) groups is 1. The summed E-state index contributed by atoms with van der Waals surface area (Å²) in [6.07, 6.45) is 2.16. The molecule has 0 radical (unpaired) electrons. The second-order valence-corrected chi connectivity index (χ2v) is 6.63. The Labute approximate surface area is 118 Å². The average Bonchev–Trinajstić information content (AvgIpc) is 3.15. The first-order valence-corrected chi connectivity index (χ1v) is 7.72. The van der Waals surface area contributed by atoms with Crippen molar-refractivity contribution in [3.8, 4) is 10.4 Å². The molecule has 0 spiro atoms. The number of benzene rings is 1. The van der Waals surface area contributed by atoms with Crippen LogP contribution in [-0.2, 0) is 0 Å². The Hall–Kier alpha value is -1.41. The van der Waals surface area contributed by atoms with E-state index in [-0.39, 0.29) is 0 Å². The van der Waals surface area contributed by atoms with E-state index in [0.717, 1.165) is 17.7 Å². The lowest BCUT2D eigenvalue weighted by Gasteiger charge is -2.10. The van der Waals surface area contributed by atoms with Crippen molar-refractivity contribution in [2.75, 3.05) is 0 Å². The molecule has 0 saturated heterocycles. The molecular weight excluding hydrogens is 252 g/mol. The molecule has 0 aliphatic heterocycles. The molecule has 1 aliphatic carbocycles. The number of Topliss-reactive ketones (excluding diaryl/α,β-unsaturated/α-hetero) is 1. The van der Waals surface area contributed by atoms with Crippen LogP contribution >= 0.6 is 11.3 Å². The van der Waals surface area contributed by atoms with E-state index in [9.17, 15) is 4.79 Å². The van der Waals surface area contributed by atoms with Crippen LogP contribution in [0.4, 0.5) is 0 Å². The van der Waals surface area contributed by atoms with Crippen molar-refractivity contribution in [2.45, 2.75) is 32.6 Å². The molecule has 98 valence electrons. The van der Waals surface area contributed by atoms with E-state index in [1.807, 2.05) is 6.07 Å². The molecule has 1 fully saturated rings. The van der Waals surface area contributed by atoms with Gasteiger partial charge in [0.25, 0.3) is 0 Å². The molecule has 0 N–H and O–H groups in total. The summed E-state index contributed by atoms with van der Waals surface area (Å²) in [5.41, 5.74) is 2.63. The zero-order valence-corrected chi connectivity index (χ0v) is 12.2. The van der Waals surface area contributed by atoms with E-state index in [1.54, 1.807) is 11.3 Å². The van der Waals surface area contributed by atoms with E-state index < -0.39 is 0 Å². The molecule has 2 aromatic rings. The van der Waals surface area contributed by atoms with Gasteiger partial charge in [-0.2, -0.15) is 0 Å². The van der Waals surface area contributed by atoms with Gasteiger partial charge in [0.1, 0.15) is 0 Å². The fourth-order valence-corrected chi connectivity index (χ4v) is 3.46. The third-order valence-corrected chi connectivity index (χ3v) is 4.78. The molecule has 3 rings (SSSR count). The van der Waals surface area contributed by atoms with E-state index in [4.69, 9.17) is 0 Å². The average molecular weight is 270 g/mol. The fourth-order valence-electron chi connectivity index (χ4n) is 2.39. The Bertz CT molecular complexity index is 605. The predicted molar refractivity (Wildman–Crippen MR) is 80.9 cm³/mol. The lowest BCUT2D eigenvalue weighted by atomic mass is 9.96. The van der Waals surface area contributed by atoms with E-state index in [0.29, 0.717) is 17.6 Å². The normalized spacial score (nSPS) is 14.9. The molecule has 1 aromatic carbocycles. The maximum atomic E-state index is 12.1. The predicted octanol–water partition coefficient (Wildman–Crippen LogP) is 5.13. The van der Waals surface area contributed by atoms with Crippen LogP contribution in [0, 0.1) is 5.92 Å². The molecule has 1 saturated carbocycles. The molecule has 0 amide bonds. The van der Waals surface area contributed by atoms with E-state index in [1.165, 1.54) is 16.0 Å². The number of rotatable bonds is 4. The summed E-state index contributed by atoms with van der Waals surface area (Å²) in [7, 11) is 0. The van der Waals surface area contributed by atoms with Crippen molar-refractivity contribution in [3.05, 3.63) is 46.8 Å². The van der Waals surface area contributed by atoms with Crippen molar-refractivity contribution in [1.29, 1.82) is 0 Å². The second kappa shape index (κ2) is 4.93. The molecule has 1 aliphatic rings. The molecule has 19 heavy (non-hydrogen) atoms. The van der Waals surface area contributed by atoms with Crippen LogP contribution in [0.25, 0.3) is 10.4 Å². The van der Waals surface area contributed by atoms with Gasteiger partial charge in [0.05, 0.1) is 4.88 Å². The van der Waals surface area contributed by atoms with Gasteiger partial charge in [0, 0.05) is 10.8 Å². The molecule has 2 heteroatoms. The Balaban J connectivity index is 1.96. The van der Waals surface area contributed by atoms with Gasteiger partial charge in [-0.3, -0.25) is 4.79 Å². The van der Waals surface area contributed by atoms with E-state index in [2.05, 4.69) is 44.2 Å². The number of thiophene rings is 1. The van der Waals surface area contributed by atoms with Gasteiger partial charge >= 0.3 is 0 Å². The first kappa shape index (κ1) is 12.6. The van der Waals surface area contributed by atoms with Gasteiger partial charge in [-0.05, 0) is 42.0 Å². The maximum absolute atomic E-state index is 12.1. The lowest BCUT2D eigenvalue weighted by Crippen LogP contribution is -1.96. The first-order chi connectivity index (χ1) is 9.16. The van der Waals surface area contributed by atoms with Gasteiger partial charge in [0.2, 0.25) is 0 Å². The van der Waals surface area contributed by atoms with Crippen molar-refractivity contribution in [2.24, 2.45) is 5.92 Å². The van der Waals surface area contributed by atoms with Gasteiger partial charge < -0.3 is 0 Å². The summed E-state index contributed by atoms with van der Waals surface area (Å²) in [5, 5.41) is 0. The van der Waals surface area contributed by atoms with Crippen molar-refractivity contribution in [3.63, 3.8) is 0 Å². The largest absolute Gasteiger partial charge is 0.293 e. The molecule has 0 bridgehead atoms. The molecule has 1 aromatic heterocycles. The summed E-state index contributed by atoms with van der Waals surface area (Å²) in [6, 6.07) is 12.6. The van der Waals surface area contributed by atoms with Gasteiger partial charge in [0.15, 0.2) is 5.78 Å². The van der Waals surface area contributed by atoms with Gasteiger partial charge in [-0.25, -0.2) is 0 Å². The van der Waals surface area contributed by atoms with E-state index >= 15 is 0 Å². The highest BCUT2D eigenvalue weighted by Gasteiger charge is 2.31. The highest BCUT2D eigenvalue weighted by molar-refractivity contribution is 7.17. The second-order valence-electron chi connectivity index (χ2n) is 5.54. The van der Waals surface area contributed by atoms with Gasteiger partial charge in [-0.15, -0.1) is 11.3 Å². The van der Waals surface area contributed by atoms with Crippen LogP contribution in [-0.4, -0.2) is 5.78 Å². The quantitative estimate of drug-likeness (QED) is 0.704. The Morgan fingerprint density at radius 2 is 1.89 bits per heavy atom. The summed E-state index contributed by atoms with van der Waals surface area (Å²) < 4.78 is 0. The third-order valence-electron chi connectivity index (χ3n) is 3.65. The van der Waals surface area contributed by atoms with Crippen molar-refractivity contribution in [1.82, 2.24) is 0 Å². The summed E-state index contributed by atoms with van der Waals surface area (Å²) in [6.45, 7) is 4.42. The molecule has 1 heterocycles. The minimum Gasteiger partial charge on any atom is -0.293 e. The highest BCUT2D eigenvalue weighted by Crippen LogP contribution is 2.38. The molecule has 1 nitrogen and oxygen atoms in total. The van der Waals surface area contributed by atoms with Crippen molar-refractivity contribution < 1.29 is 4.79 Å². The topological polar surface area (TPSA) is 17.1 Å². The molecule has 0 unspecified atom stereocenters.